The summed E-state index contributed by atoms with van der Waals surface area (Å²) in [4.78, 5) is 29.1. The Hall–Kier alpha value is -2.83. The third-order valence-corrected chi connectivity index (χ3v) is 6.30. The second-order valence-corrected chi connectivity index (χ2v) is 11.0. The van der Waals surface area contributed by atoms with Crippen LogP contribution in [-0.2, 0) is 21.5 Å². The SMILES string of the molecule is Cc1cc(F)ccc1C1(CC(=O)N(C)Cc2cc(Cl)cc(Cl)c2)C=CN(C(=O)OC(C)(C)C)C=CC1. The van der Waals surface area contributed by atoms with Crippen LogP contribution in [0.4, 0.5) is 9.18 Å². The van der Waals surface area contributed by atoms with E-state index in [1.165, 1.54) is 17.0 Å². The van der Waals surface area contributed by atoms with Gasteiger partial charge in [0.25, 0.3) is 0 Å². The quantitative estimate of drug-likeness (QED) is 0.403. The molecule has 0 radical (unpaired) electrons. The Balaban J connectivity index is 1.93. The summed E-state index contributed by atoms with van der Waals surface area (Å²) in [6, 6.07) is 9.72. The van der Waals surface area contributed by atoms with Crippen LogP contribution in [0.15, 0.2) is 61.0 Å². The van der Waals surface area contributed by atoms with Gasteiger partial charge in [-0.1, -0.05) is 41.4 Å². The summed E-state index contributed by atoms with van der Waals surface area (Å²) in [6.07, 6.45) is 6.92. The summed E-state index contributed by atoms with van der Waals surface area (Å²) in [5.74, 6) is -0.477. The van der Waals surface area contributed by atoms with E-state index in [0.717, 1.165) is 16.7 Å². The highest BCUT2D eigenvalue weighted by Gasteiger charge is 2.35. The molecule has 5 nitrogen and oxygen atoms in total. The second-order valence-electron chi connectivity index (χ2n) is 10.1. The van der Waals surface area contributed by atoms with Crippen LogP contribution in [0, 0.1) is 12.7 Å². The number of nitrogens with zero attached hydrogens (tertiary/aromatic N) is 2. The number of carbonyl (C=O) groups is 2. The topological polar surface area (TPSA) is 49.9 Å². The van der Waals surface area contributed by atoms with Crippen molar-refractivity contribution in [2.24, 2.45) is 0 Å². The zero-order chi connectivity index (χ0) is 26.7. The summed E-state index contributed by atoms with van der Waals surface area (Å²) in [5, 5.41) is 0.992. The maximum atomic E-state index is 13.9. The van der Waals surface area contributed by atoms with Gasteiger partial charge >= 0.3 is 6.09 Å². The molecule has 192 valence electrons. The molecule has 3 rings (SSSR count). The summed E-state index contributed by atoms with van der Waals surface area (Å²) in [7, 11) is 1.71. The predicted molar refractivity (Wildman–Crippen MR) is 141 cm³/mol. The molecule has 1 aliphatic heterocycles. The molecule has 0 saturated carbocycles. The van der Waals surface area contributed by atoms with Gasteiger partial charge in [0, 0.05) is 47.9 Å². The van der Waals surface area contributed by atoms with Gasteiger partial charge < -0.3 is 9.64 Å². The number of hydrogen-bond acceptors (Lipinski definition) is 3. The maximum Gasteiger partial charge on any atom is 0.418 e. The van der Waals surface area contributed by atoms with Crippen molar-refractivity contribution in [3.05, 3.63) is 93.5 Å². The number of ether oxygens (including phenoxy) is 1. The first-order chi connectivity index (χ1) is 16.8. The first kappa shape index (κ1) is 27.8. The van der Waals surface area contributed by atoms with Crippen LogP contribution in [0.25, 0.3) is 0 Å². The molecule has 1 heterocycles. The Morgan fingerprint density at radius 3 is 2.39 bits per heavy atom. The van der Waals surface area contributed by atoms with Gasteiger partial charge in [-0.2, -0.15) is 0 Å². The van der Waals surface area contributed by atoms with Crippen LogP contribution in [0.1, 0.15) is 50.3 Å². The average Bonchev–Trinajstić information content (AvgIpc) is 2.95. The molecule has 36 heavy (non-hydrogen) atoms. The van der Waals surface area contributed by atoms with Crippen LogP contribution in [0.3, 0.4) is 0 Å². The zero-order valence-electron chi connectivity index (χ0n) is 21.1. The van der Waals surface area contributed by atoms with Crippen molar-refractivity contribution in [1.29, 1.82) is 0 Å². The fourth-order valence-electron chi connectivity index (χ4n) is 4.23. The predicted octanol–water partition coefficient (Wildman–Crippen LogP) is 7.40. The number of carbonyl (C=O) groups excluding carboxylic acids is 2. The normalized spacial score (nSPS) is 17.6. The van der Waals surface area contributed by atoms with Crippen LogP contribution in [-0.4, -0.2) is 34.4 Å². The highest BCUT2D eigenvalue weighted by Crippen LogP contribution is 2.38. The minimum absolute atomic E-state index is 0.104. The van der Waals surface area contributed by atoms with Gasteiger partial charge in [0.05, 0.1) is 0 Å². The van der Waals surface area contributed by atoms with Crippen LogP contribution >= 0.6 is 23.2 Å². The van der Waals surface area contributed by atoms with E-state index < -0.39 is 17.1 Å². The van der Waals surface area contributed by atoms with Gasteiger partial charge in [0.2, 0.25) is 5.91 Å². The summed E-state index contributed by atoms with van der Waals surface area (Å²) < 4.78 is 19.4. The molecule has 2 aromatic rings. The third kappa shape index (κ3) is 7.11. The third-order valence-electron chi connectivity index (χ3n) is 5.87. The molecule has 0 spiro atoms. The molecule has 0 saturated heterocycles. The molecule has 2 amide bonds. The van der Waals surface area contributed by atoms with Gasteiger partial charge in [-0.05, 0) is 81.1 Å². The Labute approximate surface area is 222 Å². The fraction of sp³-hybridized carbons (Fsp3) is 0.357. The molecular formula is C28H31Cl2FN2O3. The van der Waals surface area contributed by atoms with Crippen molar-refractivity contribution in [3.63, 3.8) is 0 Å². The van der Waals surface area contributed by atoms with Gasteiger partial charge in [0.15, 0.2) is 0 Å². The molecule has 8 heteroatoms. The largest absolute Gasteiger partial charge is 0.443 e. The van der Waals surface area contributed by atoms with E-state index >= 15 is 0 Å². The summed E-state index contributed by atoms with van der Waals surface area (Å²) >= 11 is 12.2. The Morgan fingerprint density at radius 1 is 1.11 bits per heavy atom. The van der Waals surface area contributed by atoms with E-state index in [4.69, 9.17) is 27.9 Å². The summed E-state index contributed by atoms with van der Waals surface area (Å²) in [5.41, 5.74) is 0.877. The number of rotatable bonds is 5. The molecule has 0 fully saturated rings. The lowest BCUT2D eigenvalue weighted by atomic mass is 9.73. The van der Waals surface area contributed by atoms with Crippen LogP contribution < -0.4 is 0 Å². The van der Waals surface area contributed by atoms with E-state index in [9.17, 15) is 14.0 Å². The first-order valence-corrected chi connectivity index (χ1v) is 12.4. The van der Waals surface area contributed by atoms with Crippen LogP contribution in [0.2, 0.25) is 10.0 Å². The van der Waals surface area contributed by atoms with E-state index in [2.05, 4.69) is 0 Å². The van der Waals surface area contributed by atoms with Gasteiger partial charge in [-0.15, -0.1) is 0 Å². The van der Waals surface area contributed by atoms with E-state index in [0.29, 0.717) is 23.0 Å². The lowest BCUT2D eigenvalue weighted by molar-refractivity contribution is -0.131. The fourth-order valence-corrected chi connectivity index (χ4v) is 4.81. The maximum absolute atomic E-state index is 13.9. The Bertz CT molecular complexity index is 1190. The molecular weight excluding hydrogens is 502 g/mol. The molecule has 1 unspecified atom stereocenters. The monoisotopic (exact) mass is 532 g/mol. The number of aryl methyl sites for hydroxylation is 1. The highest BCUT2D eigenvalue weighted by molar-refractivity contribution is 6.34. The Kier molecular flexibility index (Phi) is 8.52. The average molecular weight is 533 g/mol. The number of allylic oxidation sites excluding steroid dienone is 2. The lowest BCUT2D eigenvalue weighted by Crippen LogP contribution is -2.35. The lowest BCUT2D eigenvalue weighted by Gasteiger charge is -2.33. The van der Waals surface area contributed by atoms with Crippen molar-refractivity contribution < 1.29 is 18.7 Å². The van der Waals surface area contributed by atoms with Crippen molar-refractivity contribution >= 4 is 35.2 Å². The smallest absolute Gasteiger partial charge is 0.418 e. The minimum atomic E-state index is -0.803. The van der Waals surface area contributed by atoms with Gasteiger partial charge in [-0.25, -0.2) is 9.18 Å². The van der Waals surface area contributed by atoms with Crippen LogP contribution in [0.5, 0.6) is 0 Å². The number of amides is 2. The van der Waals surface area contributed by atoms with Crippen molar-refractivity contribution in [1.82, 2.24) is 9.80 Å². The Morgan fingerprint density at radius 2 is 1.78 bits per heavy atom. The number of benzene rings is 2. The minimum Gasteiger partial charge on any atom is -0.443 e. The highest BCUT2D eigenvalue weighted by atomic mass is 35.5. The molecule has 1 atom stereocenters. The second kappa shape index (κ2) is 11.1. The van der Waals surface area contributed by atoms with E-state index in [1.807, 2.05) is 19.1 Å². The van der Waals surface area contributed by atoms with E-state index in [-0.39, 0.29) is 18.1 Å². The molecule has 0 aromatic heterocycles. The zero-order valence-corrected chi connectivity index (χ0v) is 22.7. The molecule has 0 bridgehead atoms. The summed E-state index contributed by atoms with van der Waals surface area (Å²) in [6.45, 7) is 7.52. The van der Waals surface area contributed by atoms with Crippen molar-refractivity contribution in [2.75, 3.05) is 7.05 Å². The molecule has 1 aliphatic rings. The number of halogens is 3. The number of hydrogen-bond donors (Lipinski definition) is 0. The molecule has 0 aliphatic carbocycles. The molecule has 2 aromatic carbocycles. The van der Waals surface area contributed by atoms with Crippen molar-refractivity contribution in [3.8, 4) is 0 Å². The standard InChI is InChI=1S/C28H31Cl2FN2O3/c1-19-13-23(31)7-8-24(19)28(9-6-11-33(12-10-28)26(35)36-27(2,3)4)17-25(34)32(5)18-20-14-21(29)16-22(30)15-20/h6-8,10-16H,9,17-18H2,1-5H3. The van der Waals surface area contributed by atoms with E-state index in [1.54, 1.807) is 69.4 Å². The van der Waals surface area contributed by atoms with Gasteiger partial charge in [0.1, 0.15) is 11.4 Å². The molecule has 0 N–H and O–H groups in total. The first-order valence-electron chi connectivity index (χ1n) is 11.6. The van der Waals surface area contributed by atoms with Crippen molar-refractivity contribution in [2.45, 2.75) is 58.1 Å². The van der Waals surface area contributed by atoms with Gasteiger partial charge in [-0.3, -0.25) is 9.69 Å².